The van der Waals surface area contributed by atoms with Crippen molar-refractivity contribution in [2.24, 2.45) is 0 Å². The molecule has 7 heteroatoms. The van der Waals surface area contributed by atoms with E-state index in [1.807, 2.05) is 0 Å². The largest absolute Gasteiger partial charge is 0.345 e. The SMILES string of the molecule is CN(c1ccccc1)c1cc(-n2c3ccccc3c3ccccc32)cc2c1B(c1ccc(-n3c4ccccc4c4ccccc43)cc1)c1ccc(-n3c4ccccc4c4cc(-n5c6ccccc6c6ccccc65)ccc43)cc1N2c1ccccc1. The molecule has 13 aromatic carbocycles. The van der Waals surface area contributed by atoms with Crippen LogP contribution in [0.5, 0.6) is 0 Å². The van der Waals surface area contributed by atoms with Gasteiger partial charge in [-0.25, -0.2) is 0 Å². The number of hydrogen-bond donors (Lipinski definition) is 0. The average Bonchev–Trinajstić information content (AvgIpc) is 1.22. The van der Waals surface area contributed by atoms with Crippen molar-refractivity contribution in [3.8, 4) is 22.7 Å². The number of fused-ring (bicyclic) bond motifs is 14. The van der Waals surface area contributed by atoms with Crippen LogP contribution in [0.2, 0.25) is 0 Å². The van der Waals surface area contributed by atoms with E-state index in [4.69, 9.17) is 0 Å². The number of benzene rings is 13. The lowest BCUT2D eigenvalue weighted by atomic mass is 9.34. The first kappa shape index (κ1) is 48.3. The molecular formula is C79H53BN6. The van der Waals surface area contributed by atoms with E-state index in [1.54, 1.807) is 0 Å². The van der Waals surface area contributed by atoms with E-state index in [2.05, 4.69) is 338 Å². The summed E-state index contributed by atoms with van der Waals surface area (Å²) in [6, 6.07) is 112. The molecule has 86 heavy (non-hydrogen) atoms. The van der Waals surface area contributed by atoms with Gasteiger partial charge in [0.05, 0.1) is 49.8 Å². The van der Waals surface area contributed by atoms with Crippen LogP contribution in [-0.4, -0.2) is 32.0 Å². The topological polar surface area (TPSA) is 26.2 Å². The first-order valence-corrected chi connectivity index (χ1v) is 29.7. The highest BCUT2D eigenvalue weighted by Gasteiger charge is 2.39. The Kier molecular flexibility index (Phi) is 10.6. The van der Waals surface area contributed by atoms with Gasteiger partial charge in [-0.15, -0.1) is 0 Å². The molecule has 0 spiro atoms. The number of nitrogens with zero attached hydrogens (tertiary/aromatic N) is 6. The molecule has 17 aromatic rings. The number of para-hydroxylation sites is 9. The van der Waals surface area contributed by atoms with E-state index in [1.165, 1.54) is 81.5 Å². The zero-order chi connectivity index (χ0) is 56.6. The molecule has 0 saturated carbocycles. The van der Waals surface area contributed by atoms with Gasteiger partial charge in [0.15, 0.2) is 0 Å². The lowest BCUT2D eigenvalue weighted by Gasteiger charge is -2.40. The van der Waals surface area contributed by atoms with Gasteiger partial charge in [-0.3, -0.25) is 0 Å². The van der Waals surface area contributed by atoms with Gasteiger partial charge in [0.1, 0.15) is 0 Å². The Bertz CT molecular complexity index is 5410. The average molecular weight is 1100 g/mol. The molecular weight excluding hydrogens is 1040 g/mol. The summed E-state index contributed by atoms with van der Waals surface area (Å²) in [5.41, 5.74) is 23.0. The first-order chi connectivity index (χ1) is 42.6. The third-order valence-corrected chi connectivity index (χ3v) is 18.4. The van der Waals surface area contributed by atoms with Crippen LogP contribution in [-0.2, 0) is 0 Å². The Morgan fingerprint density at radius 1 is 0.267 bits per heavy atom. The fourth-order valence-electron chi connectivity index (χ4n) is 14.7. The van der Waals surface area contributed by atoms with Crippen molar-refractivity contribution in [2.45, 2.75) is 0 Å². The van der Waals surface area contributed by atoms with Gasteiger partial charge in [-0.2, -0.15) is 0 Å². The van der Waals surface area contributed by atoms with Crippen LogP contribution in [0.25, 0.3) is 110 Å². The van der Waals surface area contributed by atoms with E-state index in [9.17, 15) is 0 Å². The lowest BCUT2D eigenvalue weighted by Crippen LogP contribution is -2.58. The predicted octanol–water partition coefficient (Wildman–Crippen LogP) is 18.1. The van der Waals surface area contributed by atoms with Crippen LogP contribution in [0.15, 0.2) is 303 Å². The Hall–Kier alpha value is -11.3. The zero-order valence-corrected chi connectivity index (χ0v) is 47.1. The van der Waals surface area contributed by atoms with Crippen LogP contribution in [0.4, 0.5) is 28.4 Å². The summed E-state index contributed by atoms with van der Waals surface area (Å²) in [6.07, 6.45) is 0. The van der Waals surface area contributed by atoms with Crippen LogP contribution in [0.3, 0.4) is 0 Å². The van der Waals surface area contributed by atoms with E-state index in [-0.39, 0.29) is 6.71 Å². The van der Waals surface area contributed by atoms with Crippen molar-refractivity contribution in [1.82, 2.24) is 18.3 Å². The maximum atomic E-state index is 2.55. The Balaban J connectivity index is 0.909. The highest BCUT2D eigenvalue weighted by atomic mass is 15.2. The van der Waals surface area contributed by atoms with Crippen molar-refractivity contribution in [3.63, 3.8) is 0 Å². The molecule has 0 N–H and O–H groups in total. The van der Waals surface area contributed by atoms with Gasteiger partial charge < -0.3 is 28.1 Å². The molecule has 6 nitrogen and oxygen atoms in total. The van der Waals surface area contributed by atoms with Crippen LogP contribution < -0.4 is 26.2 Å². The molecule has 0 atom stereocenters. The van der Waals surface area contributed by atoms with Crippen molar-refractivity contribution >= 4 is 139 Å². The third-order valence-electron chi connectivity index (χ3n) is 18.4. The molecule has 0 aliphatic carbocycles. The molecule has 4 aromatic heterocycles. The Labute approximate surface area is 497 Å². The predicted molar refractivity (Wildman–Crippen MR) is 364 cm³/mol. The third kappa shape index (κ3) is 7.09. The van der Waals surface area contributed by atoms with Gasteiger partial charge in [0.2, 0.25) is 6.71 Å². The monoisotopic (exact) mass is 1100 g/mol. The minimum atomic E-state index is -0.193. The van der Waals surface area contributed by atoms with E-state index in [0.717, 1.165) is 73.3 Å². The van der Waals surface area contributed by atoms with Crippen LogP contribution in [0.1, 0.15) is 0 Å². The highest BCUT2D eigenvalue weighted by Crippen LogP contribution is 2.45. The Morgan fingerprint density at radius 2 is 0.628 bits per heavy atom. The first-order valence-electron chi connectivity index (χ1n) is 29.7. The second-order valence-corrected chi connectivity index (χ2v) is 22.9. The lowest BCUT2D eigenvalue weighted by molar-refractivity contribution is 1.14. The number of hydrogen-bond acceptors (Lipinski definition) is 2. The quantitative estimate of drug-likeness (QED) is 0.142. The minimum Gasteiger partial charge on any atom is -0.345 e. The van der Waals surface area contributed by atoms with Crippen molar-refractivity contribution in [3.05, 3.63) is 303 Å². The molecule has 0 unspecified atom stereocenters. The maximum absolute atomic E-state index is 2.55. The number of aromatic nitrogens is 4. The molecule has 0 radical (unpaired) electrons. The summed E-state index contributed by atoms with van der Waals surface area (Å²) < 4.78 is 9.81. The second-order valence-electron chi connectivity index (χ2n) is 22.9. The molecule has 1 aliphatic rings. The summed E-state index contributed by atoms with van der Waals surface area (Å²) in [5.74, 6) is 0. The van der Waals surface area contributed by atoms with Crippen LogP contribution >= 0.6 is 0 Å². The Morgan fingerprint density at radius 3 is 1.12 bits per heavy atom. The summed E-state index contributed by atoms with van der Waals surface area (Å²) in [5, 5.41) is 9.86. The molecule has 0 bridgehead atoms. The summed E-state index contributed by atoms with van der Waals surface area (Å²) in [7, 11) is 2.24. The fourth-order valence-corrected chi connectivity index (χ4v) is 14.7. The smallest absolute Gasteiger partial charge is 0.249 e. The van der Waals surface area contributed by atoms with E-state index < -0.39 is 0 Å². The zero-order valence-electron chi connectivity index (χ0n) is 47.1. The summed E-state index contributed by atoms with van der Waals surface area (Å²) in [6.45, 7) is -0.193. The standard InChI is InChI=1S/C79H53BN6/c1-81(53-22-4-2-5-23-53)77-50-58(86-72-37-19-12-30-63(72)64-31-13-20-38-73(64)86)51-78-79(77)80(52-40-42-55(43-41-52)82-68-33-15-8-26-59(68)60-27-9-16-34-69(60)82)67-46-44-57(49-76(67)83(78)54-24-6-3-7-25-54)85-74-39-21-14-32-65(74)66-48-56(45-47-75(66)85)84-70-35-17-10-28-61(70)62-29-11-18-36-71(62)84/h2-51H,1H3. The van der Waals surface area contributed by atoms with Gasteiger partial charge in [0.25, 0.3) is 0 Å². The van der Waals surface area contributed by atoms with E-state index in [0.29, 0.717) is 0 Å². The van der Waals surface area contributed by atoms with Crippen molar-refractivity contribution < 1.29 is 0 Å². The van der Waals surface area contributed by atoms with Gasteiger partial charge in [-0.1, -0.05) is 187 Å². The number of rotatable bonds is 8. The van der Waals surface area contributed by atoms with Crippen LogP contribution in [0, 0.1) is 0 Å². The molecule has 0 saturated heterocycles. The highest BCUT2D eigenvalue weighted by molar-refractivity contribution is 6.99. The van der Waals surface area contributed by atoms with Crippen molar-refractivity contribution in [1.29, 1.82) is 0 Å². The molecule has 1 aliphatic heterocycles. The molecule has 0 amide bonds. The molecule has 5 heterocycles. The summed E-state index contributed by atoms with van der Waals surface area (Å²) >= 11 is 0. The van der Waals surface area contributed by atoms with Gasteiger partial charge in [-0.05, 0) is 132 Å². The van der Waals surface area contributed by atoms with E-state index >= 15 is 0 Å². The molecule has 0 fully saturated rings. The van der Waals surface area contributed by atoms with Gasteiger partial charge >= 0.3 is 0 Å². The molecule has 18 rings (SSSR count). The normalized spacial score (nSPS) is 12.4. The maximum Gasteiger partial charge on any atom is 0.249 e. The summed E-state index contributed by atoms with van der Waals surface area (Å²) in [4.78, 5) is 4.95. The molecule has 402 valence electrons. The second kappa shape index (κ2) is 18.9. The van der Waals surface area contributed by atoms with Crippen molar-refractivity contribution in [2.75, 3.05) is 16.8 Å². The van der Waals surface area contributed by atoms with Gasteiger partial charge in [0, 0.05) is 95.6 Å². The fraction of sp³-hybridized carbons (Fsp3) is 0.0127. The number of anilines is 5. The minimum absolute atomic E-state index is 0.193.